The Bertz CT molecular complexity index is 670. The molecule has 2 aromatic rings. The highest BCUT2D eigenvalue weighted by molar-refractivity contribution is 7.99. The van der Waals surface area contributed by atoms with Crippen LogP contribution in [-0.4, -0.2) is 31.1 Å². The predicted octanol–water partition coefficient (Wildman–Crippen LogP) is 2.75. The van der Waals surface area contributed by atoms with Crippen molar-refractivity contribution in [3.63, 3.8) is 0 Å². The monoisotopic (exact) mass is 326 g/mol. The molecule has 1 N–H and O–H groups in total. The summed E-state index contributed by atoms with van der Waals surface area (Å²) in [6.45, 7) is 0. The van der Waals surface area contributed by atoms with Gasteiger partial charge in [0.25, 0.3) is 0 Å². The molecule has 0 heterocycles. The van der Waals surface area contributed by atoms with E-state index in [9.17, 15) is 17.9 Å². The third kappa shape index (κ3) is 4.84. The van der Waals surface area contributed by atoms with Gasteiger partial charge in [-0.25, -0.2) is 12.8 Å². The lowest BCUT2D eigenvalue weighted by Gasteiger charge is -2.11. The van der Waals surface area contributed by atoms with Crippen LogP contribution in [0.25, 0.3) is 0 Å². The molecule has 112 valence electrons. The summed E-state index contributed by atoms with van der Waals surface area (Å²) in [7, 11) is -3.49. The van der Waals surface area contributed by atoms with E-state index in [0.717, 1.165) is 4.90 Å². The molecule has 21 heavy (non-hydrogen) atoms. The van der Waals surface area contributed by atoms with Gasteiger partial charge < -0.3 is 5.11 Å². The van der Waals surface area contributed by atoms with Crippen molar-refractivity contribution in [2.45, 2.75) is 15.9 Å². The highest BCUT2D eigenvalue weighted by Gasteiger charge is 2.19. The second-order valence-corrected chi connectivity index (χ2v) is 7.64. The molecule has 0 amide bonds. The summed E-state index contributed by atoms with van der Waals surface area (Å²) < 4.78 is 36.9. The zero-order valence-corrected chi connectivity index (χ0v) is 12.8. The number of halogens is 1. The lowest BCUT2D eigenvalue weighted by atomic mass is 10.4. The molecule has 0 saturated carbocycles. The van der Waals surface area contributed by atoms with Crippen LogP contribution in [0.3, 0.4) is 0 Å². The highest BCUT2D eigenvalue weighted by Crippen LogP contribution is 2.20. The van der Waals surface area contributed by atoms with Gasteiger partial charge in [0.1, 0.15) is 5.82 Å². The van der Waals surface area contributed by atoms with Crippen LogP contribution in [0.1, 0.15) is 0 Å². The molecule has 0 aliphatic heterocycles. The minimum absolute atomic E-state index is 0.204. The maximum absolute atomic E-state index is 12.8. The Morgan fingerprint density at radius 3 is 2.29 bits per heavy atom. The molecule has 0 aliphatic rings. The summed E-state index contributed by atoms with van der Waals surface area (Å²) in [5, 5.41) is 9.89. The zero-order valence-electron chi connectivity index (χ0n) is 11.1. The van der Waals surface area contributed by atoms with Gasteiger partial charge in [-0.05, 0) is 36.4 Å². The van der Waals surface area contributed by atoms with E-state index in [0.29, 0.717) is 0 Å². The van der Waals surface area contributed by atoms with Crippen molar-refractivity contribution in [1.29, 1.82) is 0 Å². The van der Waals surface area contributed by atoms with Crippen LogP contribution < -0.4 is 0 Å². The Morgan fingerprint density at radius 1 is 1.05 bits per heavy atom. The average Bonchev–Trinajstić information content (AvgIpc) is 2.47. The van der Waals surface area contributed by atoms with Crippen molar-refractivity contribution >= 4 is 21.6 Å². The molecule has 0 bridgehead atoms. The fourth-order valence-corrected chi connectivity index (χ4v) is 4.12. The number of aliphatic hydroxyl groups is 1. The first-order valence-electron chi connectivity index (χ1n) is 6.31. The van der Waals surface area contributed by atoms with Crippen LogP contribution in [0.5, 0.6) is 0 Å². The van der Waals surface area contributed by atoms with E-state index in [2.05, 4.69) is 0 Å². The molecule has 2 rings (SSSR count). The number of hydrogen-bond donors (Lipinski definition) is 1. The minimum Gasteiger partial charge on any atom is -0.391 e. The third-order valence-corrected chi connectivity index (χ3v) is 5.74. The van der Waals surface area contributed by atoms with Crippen molar-refractivity contribution in [2.75, 3.05) is 11.5 Å². The molecule has 2 aromatic carbocycles. The molecule has 1 unspecified atom stereocenters. The van der Waals surface area contributed by atoms with E-state index < -0.39 is 15.9 Å². The molecule has 0 saturated heterocycles. The summed E-state index contributed by atoms with van der Waals surface area (Å²) in [6, 6.07) is 13.9. The van der Waals surface area contributed by atoms with Crippen LogP contribution in [0.2, 0.25) is 0 Å². The van der Waals surface area contributed by atoms with Crippen LogP contribution in [0, 0.1) is 5.82 Å². The molecule has 0 aromatic heterocycles. The van der Waals surface area contributed by atoms with Crippen LogP contribution in [0.15, 0.2) is 64.4 Å². The second kappa shape index (κ2) is 7.06. The predicted molar refractivity (Wildman–Crippen MR) is 81.6 cm³/mol. The summed E-state index contributed by atoms with van der Waals surface area (Å²) >= 11 is 1.29. The Balaban J connectivity index is 1.92. The molecule has 1 atom stereocenters. The number of rotatable bonds is 6. The second-order valence-electron chi connectivity index (χ2n) is 4.51. The van der Waals surface area contributed by atoms with Gasteiger partial charge >= 0.3 is 0 Å². The normalized spacial score (nSPS) is 13.0. The Kier molecular flexibility index (Phi) is 5.39. The van der Waals surface area contributed by atoms with Crippen molar-refractivity contribution in [3.05, 3.63) is 60.4 Å². The topological polar surface area (TPSA) is 54.4 Å². The van der Waals surface area contributed by atoms with Gasteiger partial charge in [0.2, 0.25) is 0 Å². The molecule has 0 aliphatic carbocycles. The first kappa shape index (κ1) is 16.0. The number of aliphatic hydroxyl groups excluding tert-OH is 1. The third-order valence-electron chi connectivity index (χ3n) is 2.77. The molecule has 3 nitrogen and oxygen atoms in total. The van der Waals surface area contributed by atoms with Crippen molar-refractivity contribution < 1.29 is 17.9 Å². The molecular weight excluding hydrogens is 311 g/mol. The Labute approximate surface area is 127 Å². The van der Waals surface area contributed by atoms with Crippen LogP contribution in [0.4, 0.5) is 4.39 Å². The van der Waals surface area contributed by atoms with E-state index in [-0.39, 0.29) is 22.2 Å². The first-order chi connectivity index (χ1) is 9.97. The number of hydrogen-bond acceptors (Lipinski definition) is 4. The fourth-order valence-electron chi connectivity index (χ4n) is 1.75. The largest absolute Gasteiger partial charge is 0.391 e. The molecule has 0 radical (unpaired) electrons. The van der Waals surface area contributed by atoms with E-state index in [1.165, 1.54) is 36.0 Å². The maximum Gasteiger partial charge on any atom is 0.180 e. The lowest BCUT2D eigenvalue weighted by molar-refractivity contribution is 0.222. The lowest BCUT2D eigenvalue weighted by Crippen LogP contribution is -2.23. The first-order valence-corrected chi connectivity index (χ1v) is 8.95. The van der Waals surface area contributed by atoms with Crippen LogP contribution in [-0.2, 0) is 9.84 Å². The van der Waals surface area contributed by atoms with E-state index in [4.69, 9.17) is 0 Å². The fraction of sp³-hybridized carbons (Fsp3) is 0.200. The SMILES string of the molecule is O=S(=O)(CC(O)CSc1ccc(F)cc1)c1ccccc1. The summed E-state index contributed by atoms with van der Waals surface area (Å²) in [6.07, 6.45) is -0.981. The summed E-state index contributed by atoms with van der Waals surface area (Å²) in [5.74, 6) is -0.422. The number of thioether (sulfide) groups is 1. The van der Waals surface area contributed by atoms with Gasteiger partial charge in [-0.2, -0.15) is 0 Å². The number of benzene rings is 2. The van der Waals surface area contributed by atoms with Gasteiger partial charge in [0, 0.05) is 10.6 Å². The van der Waals surface area contributed by atoms with E-state index >= 15 is 0 Å². The van der Waals surface area contributed by atoms with Crippen molar-refractivity contribution in [2.24, 2.45) is 0 Å². The van der Waals surface area contributed by atoms with Gasteiger partial charge in [-0.1, -0.05) is 18.2 Å². The van der Waals surface area contributed by atoms with E-state index in [1.54, 1.807) is 30.3 Å². The summed E-state index contributed by atoms with van der Waals surface area (Å²) in [4.78, 5) is 0.989. The highest BCUT2D eigenvalue weighted by atomic mass is 32.2. The summed E-state index contributed by atoms with van der Waals surface area (Å²) in [5.41, 5.74) is 0. The van der Waals surface area contributed by atoms with Crippen molar-refractivity contribution in [3.8, 4) is 0 Å². The maximum atomic E-state index is 12.8. The van der Waals surface area contributed by atoms with Gasteiger partial charge in [-0.15, -0.1) is 11.8 Å². The van der Waals surface area contributed by atoms with Crippen LogP contribution >= 0.6 is 11.8 Å². The van der Waals surface area contributed by atoms with E-state index in [1.807, 2.05) is 0 Å². The molecular formula is C15H15FO3S2. The van der Waals surface area contributed by atoms with Gasteiger partial charge in [-0.3, -0.25) is 0 Å². The minimum atomic E-state index is -3.49. The number of sulfone groups is 1. The Morgan fingerprint density at radius 2 is 1.67 bits per heavy atom. The van der Waals surface area contributed by atoms with Gasteiger partial charge in [0.15, 0.2) is 9.84 Å². The quantitative estimate of drug-likeness (QED) is 0.829. The average molecular weight is 326 g/mol. The molecule has 0 spiro atoms. The van der Waals surface area contributed by atoms with Crippen molar-refractivity contribution in [1.82, 2.24) is 0 Å². The Hall–Kier alpha value is -1.37. The van der Waals surface area contributed by atoms with Gasteiger partial charge in [0.05, 0.1) is 16.8 Å². The standard InChI is InChI=1S/C15H15FO3S2/c16-12-6-8-14(9-7-12)20-10-13(17)11-21(18,19)15-4-2-1-3-5-15/h1-9,13,17H,10-11H2. The molecule has 0 fully saturated rings. The molecule has 6 heteroatoms. The zero-order chi connectivity index (χ0) is 15.3. The smallest absolute Gasteiger partial charge is 0.180 e.